The highest BCUT2D eigenvalue weighted by Gasteiger charge is 2.41. The molecule has 0 bridgehead atoms. The first-order valence-corrected chi connectivity index (χ1v) is 12.8. The fourth-order valence-corrected chi connectivity index (χ4v) is 4.51. The lowest BCUT2D eigenvalue weighted by Gasteiger charge is -2.32. The highest BCUT2D eigenvalue weighted by molar-refractivity contribution is 6.33. The SMILES string of the molecule is CN(C(=O)C(C)(C)c1cc(C(F)(F)F)cc(C(F)(F)F)c1)c1cnc(OCc2ccncc2)cc1-c1ccccc1Cl. The maximum Gasteiger partial charge on any atom is 0.416 e. The summed E-state index contributed by atoms with van der Waals surface area (Å²) in [6.45, 7) is 2.68. The fraction of sp³-hybridized carbons (Fsp3) is 0.233. The average Bonchev–Trinajstić information content (AvgIpc) is 2.95. The Hall–Kier alpha value is -4.12. The maximum absolute atomic E-state index is 13.8. The number of likely N-dealkylation sites (N-methyl/N-ethyl adjacent to an activating group) is 1. The van der Waals surface area contributed by atoms with Crippen LogP contribution in [0.3, 0.4) is 0 Å². The first-order chi connectivity index (χ1) is 19.6. The molecule has 12 heteroatoms. The van der Waals surface area contributed by atoms with Crippen molar-refractivity contribution in [2.45, 2.75) is 38.2 Å². The number of alkyl halides is 6. The van der Waals surface area contributed by atoms with Gasteiger partial charge in [-0.05, 0) is 61.4 Å². The summed E-state index contributed by atoms with van der Waals surface area (Å²) in [5, 5.41) is 0.331. The third-order valence-electron chi connectivity index (χ3n) is 6.67. The minimum Gasteiger partial charge on any atom is -0.473 e. The van der Waals surface area contributed by atoms with Gasteiger partial charge in [-0.15, -0.1) is 0 Å². The van der Waals surface area contributed by atoms with E-state index in [0.717, 1.165) is 10.5 Å². The van der Waals surface area contributed by atoms with Crippen molar-refractivity contribution >= 4 is 23.2 Å². The summed E-state index contributed by atoms with van der Waals surface area (Å²) >= 11 is 6.46. The lowest BCUT2D eigenvalue weighted by atomic mass is 9.81. The number of pyridine rings is 2. The zero-order valence-corrected chi connectivity index (χ0v) is 23.3. The normalized spacial score (nSPS) is 12.2. The van der Waals surface area contributed by atoms with Gasteiger partial charge in [0.15, 0.2) is 0 Å². The second-order valence-corrected chi connectivity index (χ2v) is 10.4. The number of nitrogens with zero attached hydrogens (tertiary/aromatic N) is 3. The molecule has 220 valence electrons. The van der Waals surface area contributed by atoms with E-state index in [4.69, 9.17) is 16.3 Å². The van der Waals surface area contributed by atoms with Crippen molar-refractivity contribution in [2.75, 3.05) is 11.9 Å². The molecule has 0 saturated heterocycles. The molecule has 0 N–H and O–H groups in total. The van der Waals surface area contributed by atoms with Gasteiger partial charge in [-0.1, -0.05) is 29.8 Å². The van der Waals surface area contributed by atoms with Gasteiger partial charge in [0.1, 0.15) is 6.61 Å². The van der Waals surface area contributed by atoms with Crippen molar-refractivity contribution in [3.63, 3.8) is 0 Å². The minimum atomic E-state index is -5.06. The van der Waals surface area contributed by atoms with Gasteiger partial charge in [0.2, 0.25) is 11.8 Å². The van der Waals surface area contributed by atoms with Crippen LogP contribution in [-0.4, -0.2) is 22.9 Å². The Kier molecular flexibility index (Phi) is 8.54. The molecule has 1 amide bonds. The van der Waals surface area contributed by atoms with Gasteiger partial charge in [0.05, 0.1) is 28.4 Å². The topological polar surface area (TPSA) is 55.3 Å². The maximum atomic E-state index is 13.8. The van der Waals surface area contributed by atoms with Crippen molar-refractivity contribution < 1.29 is 35.9 Å². The first kappa shape index (κ1) is 30.8. The predicted octanol–water partition coefficient (Wildman–Crippen LogP) is 8.35. The Morgan fingerprint density at radius 3 is 2.00 bits per heavy atom. The number of aromatic nitrogens is 2. The largest absolute Gasteiger partial charge is 0.473 e. The highest BCUT2D eigenvalue weighted by atomic mass is 35.5. The number of hydrogen-bond donors (Lipinski definition) is 0. The van der Waals surface area contributed by atoms with Crippen LogP contribution >= 0.6 is 11.6 Å². The number of benzene rings is 2. The van der Waals surface area contributed by atoms with Crippen LogP contribution < -0.4 is 9.64 Å². The molecule has 0 radical (unpaired) electrons. The van der Waals surface area contributed by atoms with Crippen LogP contribution in [0, 0.1) is 0 Å². The summed E-state index contributed by atoms with van der Waals surface area (Å²) < 4.78 is 87.0. The van der Waals surface area contributed by atoms with Crippen LogP contribution in [0.5, 0.6) is 5.88 Å². The number of hydrogen-bond acceptors (Lipinski definition) is 4. The Morgan fingerprint density at radius 2 is 1.43 bits per heavy atom. The molecule has 2 aromatic heterocycles. The summed E-state index contributed by atoms with van der Waals surface area (Å²) in [4.78, 5) is 23.2. The predicted molar refractivity (Wildman–Crippen MR) is 146 cm³/mol. The van der Waals surface area contributed by atoms with Crippen molar-refractivity contribution in [1.82, 2.24) is 9.97 Å². The Morgan fingerprint density at radius 1 is 0.857 bits per heavy atom. The second kappa shape index (κ2) is 11.6. The lowest BCUT2D eigenvalue weighted by molar-refractivity contribution is -0.143. The van der Waals surface area contributed by atoms with Gasteiger partial charge < -0.3 is 9.64 Å². The summed E-state index contributed by atoms with van der Waals surface area (Å²) in [6, 6.07) is 13.0. The van der Waals surface area contributed by atoms with Crippen LogP contribution in [0.1, 0.15) is 36.1 Å². The van der Waals surface area contributed by atoms with Crippen molar-refractivity contribution in [3.05, 3.63) is 107 Å². The molecule has 5 nitrogen and oxygen atoms in total. The van der Waals surface area contributed by atoms with E-state index in [1.807, 2.05) is 0 Å². The zero-order valence-electron chi connectivity index (χ0n) is 22.5. The summed E-state index contributed by atoms with van der Waals surface area (Å²) in [6.07, 6.45) is -5.58. The van der Waals surface area contributed by atoms with Crippen molar-refractivity contribution in [2.24, 2.45) is 0 Å². The summed E-state index contributed by atoms with van der Waals surface area (Å²) in [7, 11) is 1.36. The van der Waals surface area contributed by atoms with Gasteiger partial charge in [0.25, 0.3) is 0 Å². The molecule has 0 aliphatic rings. The summed E-state index contributed by atoms with van der Waals surface area (Å²) in [5.41, 5.74) is -3.34. The molecule has 0 fully saturated rings. The number of amides is 1. The molecule has 4 rings (SSSR count). The monoisotopic (exact) mass is 607 g/mol. The standard InChI is InChI=1S/C30H24ClF6N3O2/c1-28(2,19-12-20(29(32,33)34)14-21(13-19)30(35,36)37)27(41)40(3)25-16-39-26(42-17-18-8-10-38-11-9-18)15-23(25)22-6-4-5-7-24(22)31/h4-16H,17H2,1-3H3. The molecule has 0 unspecified atom stereocenters. The number of halogens is 7. The van der Waals surface area contributed by atoms with E-state index in [0.29, 0.717) is 28.3 Å². The molecule has 42 heavy (non-hydrogen) atoms. The Bertz CT molecular complexity index is 1560. The quantitative estimate of drug-likeness (QED) is 0.198. The van der Waals surface area contributed by atoms with Crippen molar-refractivity contribution in [1.29, 1.82) is 0 Å². The molecule has 0 aliphatic heterocycles. The van der Waals surface area contributed by atoms with E-state index >= 15 is 0 Å². The van der Waals surface area contributed by atoms with Crippen molar-refractivity contribution in [3.8, 4) is 17.0 Å². The molecular formula is C30H24ClF6N3O2. The van der Waals surface area contributed by atoms with E-state index < -0.39 is 40.4 Å². The fourth-order valence-electron chi connectivity index (χ4n) is 4.27. The smallest absolute Gasteiger partial charge is 0.416 e. The number of carbonyl (C=O) groups excluding carboxylic acids is 1. The first-order valence-electron chi connectivity index (χ1n) is 12.4. The average molecular weight is 608 g/mol. The summed E-state index contributed by atoms with van der Waals surface area (Å²) in [5.74, 6) is -0.589. The van der Waals surface area contributed by atoms with Crippen LogP contribution in [0.25, 0.3) is 11.1 Å². The van der Waals surface area contributed by atoms with E-state index in [9.17, 15) is 31.1 Å². The minimum absolute atomic E-state index is 0.0257. The van der Waals surface area contributed by atoms with Gasteiger partial charge in [-0.2, -0.15) is 26.3 Å². The third-order valence-corrected chi connectivity index (χ3v) is 7.00. The molecule has 4 aromatic rings. The van der Waals surface area contributed by atoms with Crippen LogP contribution in [-0.2, 0) is 29.2 Å². The Labute approximate surface area is 242 Å². The second-order valence-electron chi connectivity index (χ2n) is 9.95. The molecule has 0 atom stereocenters. The van der Waals surface area contributed by atoms with E-state index in [1.54, 1.807) is 54.9 Å². The number of rotatable bonds is 7. The van der Waals surface area contributed by atoms with E-state index in [-0.39, 0.29) is 24.2 Å². The number of carbonyl (C=O) groups is 1. The zero-order chi connectivity index (χ0) is 30.9. The molecule has 0 spiro atoms. The Balaban J connectivity index is 1.76. The molecular weight excluding hydrogens is 584 g/mol. The third kappa shape index (κ3) is 6.67. The molecule has 0 aliphatic carbocycles. The number of ether oxygens (including phenoxy) is 1. The van der Waals surface area contributed by atoms with E-state index in [2.05, 4.69) is 9.97 Å². The van der Waals surface area contributed by atoms with E-state index in [1.165, 1.54) is 27.1 Å². The highest BCUT2D eigenvalue weighted by Crippen LogP contribution is 2.41. The molecule has 2 heterocycles. The van der Waals surface area contributed by atoms with Crippen LogP contribution in [0.4, 0.5) is 32.0 Å². The van der Waals surface area contributed by atoms with Gasteiger partial charge in [0, 0.05) is 41.7 Å². The van der Waals surface area contributed by atoms with Crippen LogP contribution in [0.2, 0.25) is 5.02 Å². The van der Waals surface area contributed by atoms with Gasteiger partial charge in [-0.3, -0.25) is 9.78 Å². The van der Waals surface area contributed by atoms with Crippen LogP contribution in [0.15, 0.2) is 79.3 Å². The van der Waals surface area contributed by atoms with Gasteiger partial charge in [-0.25, -0.2) is 4.98 Å². The lowest BCUT2D eigenvalue weighted by Crippen LogP contribution is -2.42. The van der Waals surface area contributed by atoms with Gasteiger partial charge >= 0.3 is 12.4 Å². The molecule has 2 aromatic carbocycles. The molecule has 0 saturated carbocycles. The number of anilines is 1.